The quantitative estimate of drug-likeness (QED) is 0.765. The maximum Gasteiger partial charge on any atom is 0.227 e. The van der Waals surface area contributed by atoms with Crippen molar-refractivity contribution in [2.75, 3.05) is 39.3 Å². The van der Waals surface area contributed by atoms with Crippen LogP contribution in [0.3, 0.4) is 0 Å². The molecule has 29 heavy (non-hydrogen) atoms. The van der Waals surface area contributed by atoms with Crippen LogP contribution in [0.2, 0.25) is 0 Å². The number of nitrogens with zero attached hydrogens (tertiary/aromatic N) is 4. The highest BCUT2D eigenvalue weighted by Crippen LogP contribution is 2.27. The second-order valence-electron chi connectivity index (χ2n) is 9.00. The fraction of sp³-hybridized carbons (Fsp3) is 0.696. The lowest BCUT2D eigenvalue weighted by Crippen LogP contribution is -2.53. The monoisotopic (exact) mass is 398 g/mol. The van der Waals surface area contributed by atoms with Gasteiger partial charge in [-0.15, -0.1) is 0 Å². The molecule has 0 unspecified atom stereocenters. The molecule has 3 fully saturated rings. The van der Waals surface area contributed by atoms with E-state index in [1.165, 1.54) is 37.7 Å². The van der Waals surface area contributed by atoms with Crippen LogP contribution in [0, 0.1) is 11.8 Å². The first-order valence-corrected chi connectivity index (χ1v) is 11.4. The van der Waals surface area contributed by atoms with Crippen molar-refractivity contribution in [3.8, 4) is 0 Å². The van der Waals surface area contributed by atoms with E-state index < -0.39 is 0 Å². The van der Waals surface area contributed by atoms with E-state index in [0.717, 1.165) is 39.3 Å². The summed E-state index contributed by atoms with van der Waals surface area (Å²) in [5, 5.41) is 0. The van der Waals surface area contributed by atoms with Gasteiger partial charge in [-0.1, -0.05) is 25.3 Å². The highest BCUT2D eigenvalue weighted by Gasteiger charge is 2.34. The third-order valence-corrected chi connectivity index (χ3v) is 6.87. The summed E-state index contributed by atoms with van der Waals surface area (Å²) >= 11 is 0. The zero-order valence-corrected chi connectivity index (χ0v) is 17.5. The smallest absolute Gasteiger partial charge is 0.227 e. The molecule has 3 heterocycles. The Morgan fingerprint density at radius 3 is 2.59 bits per heavy atom. The number of pyridine rings is 1. The highest BCUT2D eigenvalue weighted by molar-refractivity contribution is 5.84. The molecule has 1 aromatic rings. The number of piperidine rings is 1. The summed E-state index contributed by atoms with van der Waals surface area (Å²) in [6, 6.07) is 4.07. The summed E-state index contributed by atoms with van der Waals surface area (Å²) in [4.78, 5) is 36.1. The minimum absolute atomic E-state index is 0.0128. The van der Waals surface area contributed by atoms with E-state index in [0.29, 0.717) is 25.3 Å². The minimum atomic E-state index is -0.0128. The Morgan fingerprint density at radius 1 is 1.07 bits per heavy atom. The van der Waals surface area contributed by atoms with Crippen molar-refractivity contribution < 1.29 is 9.59 Å². The molecular formula is C23H34N4O2. The Morgan fingerprint density at radius 2 is 1.86 bits per heavy atom. The fourth-order valence-corrected chi connectivity index (χ4v) is 5.11. The van der Waals surface area contributed by atoms with Gasteiger partial charge in [0.05, 0.1) is 5.92 Å². The molecule has 0 bridgehead atoms. The van der Waals surface area contributed by atoms with Crippen LogP contribution >= 0.6 is 0 Å². The molecule has 1 aromatic heterocycles. The second-order valence-corrected chi connectivity index (χ2v) is 9.00. The Balaban J connectivity index is 1.26. The first-order valence-electron chi connectivity index (χ1n) is 11.4. The molecule has 3 aliphatic rings. The predicted molar refractivity (Wildman–Crippen MR) is 112 cm³/mol. The Kier molecular flexibility index (Phi) is 6.80. The average Bonchev–Trinajstić information content (AvgIpc) is 2.77. The van der Waals surface area contributed by atoms with Gasteiger partial charge in [-0.05, 0) is 36.8 Å². The maximum absolute atomic E-state index is 13.1. The first kappa shape index (κ1) is 20.3. The molecule has 4 rings (SSSR count). The summed E-state index contributed by atoms with van der Waals surface area (Å²) in [5.74, 6) is 1.13. The molecule has 0 aromatic carbocycles. The number of hydrogen-bond donors (Lipinski definition) is 0. The van der Waals surface area contributed by atoms with Crippen molar-refractivity contribution in [2.45, 2.75) is 51.5 Å². The Bertz CT molecular complexity index is 681. The number of aromatic nitrogens is 1. The number of hydrogen-bond acceptors (Lipinski definition) is 4. The van der Waals surface area contributed by atoms with Gasteiger partial charge in [-0.3, -0.25) is 19.5 Å². The topological polar surface area (TPSA) is 56.8 Å². The molecule has 6 heteroatoms. The summed E-state index contributed by atoms with van der Waals surface area (Å²) in [6.07, 6.45) is 11.3. The SMILES string of the molecule is O=C1CC[C@H](C(=O)N2CCN(Cc3cccnc3)CC2)CN1CC1CCCCC1. The molecule has 2 aliphatic heterocycles. The lowest BCUT2D eigenvalue weighted by molar-refractivity contribution is -0.144. The lowest BCUT2D eigenvalue weighted by atomic mass is 9.87. The average molecular weight is 399 g/mol. The number of likely N-dealkylation sites (tertiary alicyclic amines) is 1. The van der Waals surface area contributed by atoms with Gasteiger partial charge in [0.25, 0.3) is 0 Å². The van der Waals surface area contributed by atoms with E-state index in [-0.39, 0.29) is 17.7 Å². The van der Waals surface area contributed by atoms with Gasteiger partial charge in [0.15, 0.2) is 0 Å². The third-order valence-electron chi connectivity index (χ3n) is 6.87. The van der Waals surface area contributed by atoms with Crippen molar-refractivity contribution in [1.82, 2.24) is 19.7 Å². The lowest BCUT2D eigenvalue weighted by Gasteiger charge is -2.40. The van der Waals surface area contributed by atoms with Crippen LogP contribution in [0.1, 0.15) is 50.5 Å². The number of carbonyl (C=O) groups is 2. The van der Waals surface area contributed by atoms with Crippen molar-refractivity contribution in [1.29, 1.82) is 0 Å². The molecule has 2 saturated heterocycles. The van der Waals surface area contributed by atoms with Gasteiger partial charge >= 0.3 is 0 Å². The van der Waals surface area contributed by atoms with E-state index in [1.807, 2.05) is 22.1 Å². The number of piperazine rings is 1. The van der Waals surface area contributed by atoms with E-state index in [9.17, 15) is 9.59 Å². The van der Waals surface area contributed by atoms with E-state index >= 15 is 0 Å². The van der Waals surface area contributed by atoms with Gasteiger partial charge in [-0.2, -0.15) is 0 Å². The van der Waals surface area contributed by atoms with Gasteiger partial charge in [0.2, 0.25) is 11.8 Å². The van der Waals surface area contributed by atoms with Gasteiger partial charge in [-0.25, -0.2) is 0 Å². The molecule has 0 radical (unpaired) electrons. The van der Waals surface area contributed by atoms with Crippen LogP contribution in [0.5, 0.6) is 0 Å². The van der Waals surface area contributed by atoms with Crippen LogP contribution in [-0.4, -0.2) is 70.8 Å². The van der Waals surface area contributed by atoms with Crippen LogP contribution < -0.4 is 0 Å². The Labute approximate surface area is 174 Å². The molecule has 0 N–H and O–H groups in total. The highest BCUT2D eigenvalue weighted by atomic mass is 16.2. The number of rotatable bonds is 5. The van der Waals surface area contributed by atoms with Gasteiger partial charge < -0.3 is 9.80 Å². The van der Waals surface area contributed by atoms with Gasteiger partial charge in [0.1, 0.15) is 0 Å². The van der Waals surface area contributed by atoms with Crippen LogP contribution in [-0.2, 0) is 16.1 Å². The van der Waals surface area contributed by atoms with E-state index in [4.69, 9.17) is 0 Å². The second kappa shape index (κ2) is 9.70. The van der Waals surface area contributed by atoms with Gasteiger partial charge in [0, 0.05) is 64.6 Å². The van der Waals surface area contributed by atoms with Crippen molar-refractivity contribution in [2.24, 2.45) is 11.8 Å². The summed E-state index contributed by atoms with van der Waals surface area (Å²) < 4.78 is 0. The van der Waals surface area contributed by atoms with E-state index in [2.05, 4.69) is 16.0 Å². The zero-order valence-electron chi connectivity index (χ0n) is 17.5. The minimum Gasteiger partial charge on any atom is -0.342 e. The van der Waals surface area contributed by atoms with E-state index in [1.54, 1.807) is 6.20 Å². The fourth-order valence-electron chi connectivity index (χ4n) is 5.11. The van der Waals surface area contributed by atoms with Crippen molar-refractivity contribution in [3.63, 3.8) is 0 Å². The Hall–Kier alpha value is -1.95. The largest absolute Gasteiger partial charge is 0.342 e. The summed E-state index contributed by atoms with van der Waals surface area (Å²) in [6.45, 7) is 5.75. The van der Waals surface area contributed by atoms with Crippen molar-refractivity contribution >= 4 is 11.8 Å². The molecule has 6 nitrogen and oxygen atoms in total. The molecule has 158 valence electrons. The number of amides is 2. The van der Waals surface area contributed by atoms with Crippen LogP contribution in [0.25, 0.3) is 0 Å². The molecule has 2 amide bonds. The van der Waals surface area contributed by atoms with Crippen molar-refractivity contribution in [3.05, 3.63) is 30.1 Å². The molecule has 0 spiro atoms. The molecule has 1 atom stereocenters. The normalized spacial score (nSPS) is 24.7. The first-order chi connectivity index (χ1) is 14.2. The maximum atomic E-state index is 13.1. The van der Waals surface area contributed by atoms with Crippen LogP contribution in [0.4, 0.5) is 0 Å². The third kappa shape index (κ3) is 5.35. The summed E-state index contributed by atoms with van der Waals surface area (Å²) in [7, 11) is 0. The zero-order chi connectivity index (χ0) is 20.1. The standard InChI is InChI=1S/C23H34N4O2/c28-22-9-8-21(18-27(22)17-19-5-2-1-3-6-19)23(29)26-13-11-25(12-14-26)16-20-7-4-10-24-15-20/h4,7,10,15,19,21H,1-3,5-6,8-9,11-14,16-18H2/t21-/m0/s1. The molecule has 1 aliphatic carbocycles. The predicted octanol–water partition coefficient (Wildman–Crippen LogP) is 2.54. The summed E-state index contributed by atoms with van der Waals surface area (Å²) in [5.41, 5.74) is 1.22. The number of carbonyl (C=O) groups excluding carboxylic acids is 2. The molecular weight excluding hydrogens is 364 g/mol. The molecule has 1 saturated carbocycles. The van der Waals surface area contributed by atoms with Crippen LogP contribution in [0.15, 0.2) is 24.5 Å².